The zero-order valence-corrected chi connectivity index (χ0v) is 17.6. The highest BCUT2D eigenvalue weighted by Gasteiger charge is 2.12. The molecule has 0 aliphatic rings. The van der Waals surface area contributed by atoms with Crippen LogP contribution in [0, 0.1) is 13.8 Å². The van der Waals surface area contributed by atoms with Crippen LogP contribution in [-0.4, -0.2) is 15.0 Å². The Morgan fingerprint density at radius 1 is 1.00 bits per heavy atom. The molecule has 0 atom stereocenters. The van der Waals surface area contributed by atoms with Crippen LogP contribution in [0.4, 0.5) is 16.6 Å². The normalized spacial score (nSPS) is 11.0. The van der Waals surface area contributed by atoms with Crippen molar-refractivity contribution in [2.24, 2.45) is 0 Å². The van der Waals surface area contributed by atoms with Gasteiger partial charge < -0.3 is 10.6 Å². The Balaban J connectivity index is 1.59. The molecule has 0 fully saturated rings. The molecule has 0 unspecified atom stereocenters. The maximum atomic E-state index is 6.09. The third-order valence-electron chi connectivity index (χ3n) is 4.35. The van der Waals surface area contributed by atoms with Crippen molar-refractivity contribution in [2.75, 3.05) is 10.6 Å². The molecule has 5 nitrogen and oxygen atoms in total. The van der Waals surface area contributed by atoms with Crippen LogP contribution in [0.5, 0.6) is 0 Å². The smallest absolute Gasteiger partial charge is 0.189 e. The predicted molar refractivity (Wildman–Crippen MR) is 118 cm³/mol. The molecule has 0 saturated carbocycles. The number of halogens is 2. The fourth-order valence-electron chi connectivity index (χ4n) is 2.89. The lowest BCUT2D eigenvalue weighted by Gasteiger charge is -2.09. The molecule has 142 valence electrons. The lowest BCUT2D eigenvalue weighted by Crippen LogP contribution is -2.02. The summed E-state index contributed by atoms with van der Waals surface area (Å²) in [6.07, 6.45) is 1.54. The highest BCUT2D eigenvalue weighted by molar-refractivity contribution is 7.21. The Morgan fingerprint density at radius 3 is 2.54 bits per heavy atom. The molecule has 2 aromatic carbocycles. The number of hydrogen-bond donors (Lipinski definition) is 2. The first-order valence-corrected chi connectivity index (χ1v) is 10.2. The first-order valence-electron chi connectivity index (χ1n) is 8.64. The molecule has 28 heavy (non-hydrogen) atoms. The maximum Gasteiger partial charge on any atom is 0.189 e. The average Bonchev–Trinajstić information content (AvgIpc) is 3.09. The predicted octanol–water partition coefficient (Wildman–Crippen LogP) is 6.37. The monoisotopic (exact) mass is 429 g/mol. The van der Waals surface area contributed by atoms with Gasteiger partial charge in [-0.05, 0) is 42.7 Å². The highest BCUT2D eigenvalue weighted by Crippen LogP contribution is 2.32. The Morgan fingerprint density at radius 2 is 1.79 bits per heavy atom. The van der Waals surface area contributed by atoms with Gasteiger partial charge in [0.1, 0.15) is 11.8 Å². The summed E-state index contributed by atoms with van der Waals surface area (Å²) < 4.78 is 0. The van der Waals surface area contributed by atoms with Gasteiger partial charge in [-0.2, -0.15) is 0 Å². The van der Waals surface area contributed by atoms with E-state index in [4.69, 9.17) is 28.2 Å². The summed E-state index contributed by atoms with van der Waals surface area (Å²) in [6, 6.07) is 11.7. The highest BCUT2D eigenvalue weighted by atomic mass is 35.5. The van der Waals surface area contributed by atoms with Crippen LogP contribution in [0.1, 0.15) is 16.7 Å². The number of benzene rings is 2. The molecular weight excluding hydrogens is 413 g/mol. The van der Waals surface area contributed by atoms with E-state index in [-0.39, 0.29) is 0 Å². The molecule has 0 radical (unpaired) electrons. The fraction of sp³-hybridized carbons (Fsp3) is 0.150. The van der Waals surface area contributed by atoms with Gasteiger partial charge in [0.2, 0.25) is 0 Å². The first-order chi connectivity index (χ1) is 13.5. The van der Waals surface area contributed by atoms with Crippen molar-refractivity contribution in [1.82, 2.24) is 15.0 Å². The van der Waals surface area contributed by atoms with Gasteiger partial charge in [0.15, 0.2) is 15.8 Å². The maximum absolute atomic E-state index is 6.09. The standard InChI is InChI=1S/C20H17Cl2N5S/c1-11-4-3-5-12(2)16(11)26-20-27-17-18(24-10-25-19(17)28-20)23-9-13-6-7-14(21)15(22)8-13/h3-8,10H,9H2,1-2H3,(H,26,27)(H,23,24,25). The molecule has 0 aliphatic heterocycles. The van der Waals surface area contributed by atoms with E-state index >= 15 is 0 Å². The van der Waals surface area contributed by atoms with Crippen LogP contribution in [0.25, 0.3) is 10.3 Å². The van der Waals surface area contributed by atoms with Crippen LogP contribution < -0.4 is 10.6 Å². The second-order valence-electron chi connectivity index (χ2n) is 6.39. The summed E-state index contributed by atoms with van der Waals surface area (Å²) in [6.45, 7) is 4.71. The molecule has 2 heterocycles. The van der Waals surface area contributed by atoms with Crippen molar-refractivity contribution in [1.29, 1.82) is 0 Å². The van der Waals surface area contributed by atoms with Gasteiger partial charge >= 0.3 is 0 Å². The average molecular weight is 430 g/mol. The van der Waals surface area contributed by atoms with Crippen molar-refractivity contribution in [3.8, 4) is 0 Å². The lowest BCUT2D eigenvalue weighted by molar-refractivity contribution is 1.10. The van der Waals surface area contributed by atoms with Crippen LogP contribution in [0.15, 0.2) is 42.7 Å². The number of thiazole rings is 1. The summed E-state index contributed by atoms with van der Waals surface area (Å²) >= 11 is 13.6. The van der Waals surface area contributed by atoms with E-state index < -0.39 is 0 Å². The number of aromatic nitrogens is 3. The molecule has 0 aliphatic carbocycles. The van der Waals surface area contributed by atoms with Gasteiger partial charge in [-0.15, -0.1) is 0 Å². The van der Waals surface area contributed by atoms with E-state index in [1.54, 1.807) is 12.4 Å². The van der Waals surface area contributed by atoms with Crippen molar-refractivity contribution >= 4 is 61.5 Å². The Hall–Kier alpha value is -2.41. The zero-order chi connectivity index (χ0) is 19.7. The number of para-hydroxylation sites is 1. The molecule has 0 spiro atoms. The molecule has 0 amide bonds. The molecule has 0 saturated heterocycles. The lowest BCUT2D eigenvalue weighted by atomic mass is 10.1. The third-order valence-corrected chi connectivity index (χ3v) is 5.97. The summed E-state index contributed by atoms with van der Waals surface area (Å²) in [4.78, 5) is 14.2. The molecule has 2 N–H and O–H groups in total. The number of aryl methyl sites for hydroxylation is 2. The number of hydrogen-bond acceptors (Lipinski definition) is 6. The Bertz CT molecular complexity index is 1140. The van der Waals surface area contributed by atoms with Crippen molar-refractivity contribution in [2.45, 2.75) is 20.4 Å². The van der Waals surface area contributed by atoms with Crippen LogP contribution in [0.2, 0.25) is 10.0 Å². The summed E-state index contributed by atoms with van der Waals surface area (Å²) in [5, 5.41) is 8.59. The molecule has 4 rings (SSSR count). The number of rotatable bonds is 5. The molecule has 2 aromatic heterocycles. The molecular formula is C20H17Cl2N5S. The minimum absolute atomic E-state index is 0.530. The number of nitrogens with one attached hydrogen (secondary N) is 2. The number of fused-ring (bicyclic) bond motifs is 1. The van der Waals surface area contributed by atoms with Crippen molar-refractivity contribution in [3.05, 3.63) is 69.5 Å². The van der Waals surface area contributed by atoms with Gasteiger partial charge in [0.25, 0.3) is 0 Å². The van der Waals surface area contributed by atoms with Gasteiger partial charge in [0.05, 0.1) is 10.0 Å². The third kappa shape index (κ3) is 3.90. The van der Waals surface area contributed by atoms with E-state index in [1.165, 1.54) is 22.5 Å². The molecule has 0 bridgehead atoms. The minimum atomic E-state index is 0.530. The zero-order valence-electron chi connectivity index (χ0n) is 15.3. The second kappa shape index (κ2) is 7.91. The van der Waals surface area contributed by atoms with Gasteiger partial charge in [-0.3, -0.25) is 0 Å². The second-order valence-corrected chi connectivity index (χ2v) is 8.18. The van der Waals surface area contributed by atoms with E-state index in [2.05, 4.69) is 46.6 Å². The number of nitrogens with zero attached hydrogens (tertiary/aromatic N) is 3. The van der Waals surface area contributed by atoms with Gasteiger partial charge in [-0.1, -0.05) is 58.8 Å². The van der Waals surface area contributed by atoms with E-state index in [0.717, 1.165) is 26.7 Å². The van der Waals surface area contributed by atoms with Crippen LogP contribution >= 0.6 is 34.5 Å². The minimum Gasteiger partial charge on any atom is -0.364 e. The van der Waals surface area contributed by atoms with Crippen molar-refractivity contribution in [3.63, 3.8) is 0 Å². The van der Waals surface area contributed by atoms with Crippen molar-refractivity contribution < 1.29 is 0 Å². The first kappa shape index (κ1) is 18.9. The van der Waals surface area contributed by atoms with Crippen LogP contribution in [0.3, 0.4) is 0 Å². The Labute approximate surface area is 176 Å². The number of anilines is 3. The van der Waals surface area contributed by atoms with E-state index in [0.29, 0.717) is 22.4 Å². The SMILES string of the molecule is Cc1cccc(C)c1Nc1nc2c(NCc3ccc(Cl)c(Cl)c3)ncnc2s1. The van der Waals surface area contributed by atoms with Gasteiger partial charge in [0, 0.05) is 12.2 Å². The summed E-state index contributed by atoms with van der Waals surface area (Å²) in [5.74, 6) is 0.682. The van der Waals surface area contributed by atoms with Gasteiger partial charge in [-0.25, -0.2) is 15.0 Å². The van der Waals surface area contributed by atoms with E-state index in [1.807, 2.05) is 18.2 Å². The van der Waals surface area contributed by atoms with Crippen LogP contribution in [-0.2, 0) is 6.54 Å². The molecule has 8 heteroatoms. The molecule has 4 aromatic rings. The fourth-order valence-corrected chi connectivity index (χ4v) is 4.02. The summed E-state index contributed by atoms with van der Waals surface area (Å²) in [5.41, 5.74) is 5.15. The topological polar surface area (TPSA) is 62.7 Å². The largest absolute Gasteiger partial charge is 0.364 e. The van der Waals surface area contributed by atoms with E-state index in [9.17, 15) is 0 Å². The summed E-state index contributed by atoms with van der Waals surface area (Å²) in [7, 11) is 0. The Kier molecular flexibility index (Phi) is 5.35. The quantitative estimate of drug-likeness (QED) is 0.386.